The summed E-state index contributed by atoms with van der Waals surface area (Å²) in [6, 6.07) is 8.24. The van der Waals surface area contributed by atoms with E-state index in [9.17, 15) is 18.0 Å². The summed E-state index contributed by atoms with van der Waals surface area (Å²) in [6.45, 7) is 6.20. The topological polar surface area (TPSA) is 126 Å². The average Bonchev–Trinajstić information content (AvgIpc) is 3.20. The maximum absolute atomic E-state index is 12.7. The van der Waals surface area contributed by atoms with Crippen molar-refractivity contribution in [3.05, 3.63) is 42.0 Å². The highest BCUT2D eigenvalue weighted by atomic mass is 32.2. The predicted molar refractivity (Wildman–Crippen MR) is 111 cm³/mol. The van der Waals surface area contributed by atoms with Gasteiger partial charge in [-0.25, -0.2) is 8.42 Å². The Morgan fingerprint density at radius 2 is 1.74 bits per heavy atom. The van der Waals surface area contributed by atoms with Gasteiger partial charge in [-0.3, -0.25) is 9.59 Å². The number of aromatic nitrogens is 2. The van der Waals surface area contributed by atoms with Crippen molar-refractivity contribution in [2.75, 3.05) is 26.2 Å². The lowest BCUT2D eigenvalue weighted by Crippen LogP contribution is -2.50. The number of hydrogen-bond acceptors (Lipinski definition) is 7. The van der Waals surface area contributed by atoms with E-state index in [1.165, 1.54) is 4.31 Å². The summed E-state index contributed by atoms with van der Waals surface area (Å²) in [4.78, 5) is 30.8. The van der Waals surface area contributed by atoms with Gasteiger partial charge in [-0.1, -0.05) is 23.4 Å². The molecule has 1 aromatic carbocycles. The van der Waals surface area contributed by atoms with Crippen molar-refractivity contribution in [2.45, 2.75) is 44.0 Å². The first-order valence-corrected chi connectivity index (χ1v) is 11.5. The van der Waals surface area contributed by atoms with Gasteiger partial charge >= 0.3 is 0 Å². The predicted octanol–water partition coefficient (Wildman–Crippen LogP) is 1.04. The number of carbonyl (C=O) groups is 2. The van der Waals surface area contributed by atoms with Gasteiger partial charge in [0.05, 0.1) is 10.4 Å². The highest BCUT2D eigenvalue weighted by Gasteiger charge is 2.31. The highest BCUT2D eigenvalue weighted by Crippen LogP contribution is 2.19. The lowest BCUT2D eigenvalue weighted by Gasteiger charge is -2.34. The van der Waals surface area contributed by atoms with Gasteiger partial charge in [0.1, 0.15) is 0 Å². The number of nitrogens with zero attached hydrogens (tertiary/aromatic N) is 4. The molecule has 0 aliphatic carbocycles. The number of benzene rings is 1. The monoisotopic (exact) mass is 449 g/mol. The Labute approximate surface area is 181 Å². The fourth-order valence-corrected chi connectivity index (χ4v) is 4.76. The third kappa shape index (κ3) is 5.47. The Bertz CT molecular complexity index is 1030. The van der Waals surface area contributed by atoms with Crippen LogP contribution in [-0.4, -0.2) is 65.8 Å². The number of aryl methyl sites for hydroxylation is 1. The second-order valence-electron chi connectivity index (χ2n) is 7.91. The third-order valence-electron chi connectivity index (χ3n) is 5.08. The molecule has 0 bridgehead atoms. The fraction of sp³-hybridized carbons (Fsp3) is 0.500. The Morgan fingerprint density at radius 1 is 1.10 bits per heavy atom. The Morgan fingerprint density at radius 3 is 2.32 bits per heavy atom. The molecule has 1 aromatic heterocycles. The summed E-state index contributed by atoms with van der Waals surface area (Å²) >= 11 is 0. The smallest absolute Gasteiger partial charge is 0.243 e. The molecule has 0 unspecified atom stereocenters. The van der Waals surface area contributed by atoms with Crippen LogP contribution in [0.25, 0.3) is 0 Å². The Balaban J connectivity index is 1.47. The largest absolute Gasteiger partial charge is 0.344 e. The van der Waals surface area contributed by atoms with Crippen molar-refractivity contribution in [1.29, 1.82) is 0 Å². The number of sulfonamides is 1. The van der Waals surface area contributed by atoms with Crippen LogP contribution >= 0.6 is 0 Å². The molecule has 10 nitrogen and oxygen atoms in total. The lowest BCUT2D eigenvalue weighted by atomic mass is 10.0. The number of carbonyl (C=O) groups excluding carboxylic acids is 2. The van der Waals surface area contributed by atoms with Crippen molar-refractivity contribution >= 4 is 21.8 Å². The van der Waals surface area contributed by atoms with Crippen LogP contribution in [0.4, 0.5) is 0 Å². The molecule has 1 aliphatic heterocycles. The molecular formula is C20H27N5O5S. The number of amides is 2. The lowest BCUT2D eigenvalue weighted by molar-refractivity contribution is -0.135. The van der Waals surface area contributed by atoms with Crippen LogP contribution in [0, 0.1) is 6.92 Å². The minimum Gasteiger partial charge on any atom is -0.344 e. The summed E-state index contributed by atoms with van der Waals surface area (Å²) in [7, 11) is -3.57. The van der Waals surface area contributed by atoms with Gasteiger partial charge in [-0.05, 0) is 26.0 Å². The molecule has 3 rings (SSSR count). The van der Waals surface area contributed by atoms with Crippen molar-refractivity contribution in [3.63, 3.8) is 0 Å². The maximum Gasteiger partial charge on any atom is 0.243 e. The van der Waals surface area contributed by atoms with Gasteiger partial charge in [0.15, 0.2) is 5.82 Å². The standard InChI is InChI=1S/C20H27N5O5S/c1-15-21-19(23-30-15)20(2,3)22-17(26)9-10-18(27)24-11-13-25(14-12-24)31(28,29)16-7-5-4-6-8-16/h4-8H,9-14H2,1-3H3,(H,22,26). The second kappa shape index (κ2) is 9.15. The van der Waals surface area contributed by atoms with Crippen LogP contribution in [0.3, 0.4) is 0 Å². The van der Waals surface area contributed by atoms with E-state index >= 15 is 0 Å². The summed E-state index contributed by atoms with van der Waals surface area (Å²) in [5.74, 6) is 0.285. The number of hydrogen-bond donors (Lipinski definition) is 1. The van der Waals surface area contributed by atoms with E-state index < -0.39 is 15.6 Å². The average molecular weight is 450 g/mol. The van der Waals surface area contributed by atoms with Gasteiger partial charge in [0.2, 0.25) is 27.7 Å². The molecule has 0 saturated carbocycles. The summed E-state index contributed by atoms with van der Waals surface area (Å²) in [5, 5.41) is 6.64. The van der Waals surface area contributed by atoms with Crippen LogP contribution in [0.2, 0.25) is 0 Å². The first-order chi connectivity index (χ1) is 14.6. The molecule has 2 amide bonds. The van der Waals surface area contributed by atoms with E-state index in [1.807, 2.05) is 0 Å². The SMILES string of the molecule is Cc1nc(C(C)(C)NC(=O)CCC(=O)N2CCN(S(=O)(=O)c3ccccc3)CC2)no1. The van der Waals surface area contributed by atoms with Crippen LogP contribution in [0.15, 0.2) is 39.8 Å². The van der Waals surface area contributed by atoms with E-state index in [4.69, 9.17) is 4.52 Å². The summed E-state index contributed by atoms with van der Waals surface area (Å²) in [6.07, 6.45) is 0.0558. The van der Waals surface area contributed by atoms with Crippen molar-refractivity contribution in [3.8, 4) is 0 Å². The van der Waals surface area contributed by atoms with Crippen LogP contribution in [-0.2, 0) is 25.2 Å². The molecule has 0 atom stereocenters. The maximum atomic E-state index is 12.7. The van der Waals surface area contributed by atoms with Gasteiger partial charge in [-0.2, -0.15) is 9.29 Å². The first kappa shape index (κ1) is 22.9. The molecule has 0 radical (unpaired) electrons. The Kier molecular flexibility index (Phi) is 6.75. The molecule has 1 N–H and O–H groups in total. The van der Waals surface area contributed by atoms with E-state index in [2.05, 4.69) is 15.5 Å². The second-order valence-corrected chi connectivity index (χ2v) is 9.85. The van der Waals surface area contributed by atoms with E-state index in [-0.39, 0.29) is 42.6 Å². The minimum absolute atomic E-state index is 0.0155. The van der Waals surface area contributed by atoms with Crippen molar-refractivity contribution in [2.24, 2.45) is 0 Å². The molecular weight excluding hydrogens is 422 g/mol. The Hall–Kier alpha value is -2.79. The van der Waals surface area contributed by atoms with Gasteiger partial charge in [-0.15, -0.1) is 0 Å². The quantitative estimate of drug-likeness (QED) is 0.669. The van der Waals surface area contributed by atoms with Crippen LogP contribution < -0.4 is 5.32 Å². The molecule has 2 heterocycles. The van der Waals surface area contributed by atoms with E-state index in [0.29, 0.717) is 24.8 Å². The summed E-state index contributed by atoms with van der Waals surface area (Å²) in [5.41, 5.74) is -0.824. The molecule has 1 aliphatic rings. The number of nitrogens with one attached hydrogen (secondary N) is 1. The molecule has 168 valence electrons. The number of rotatable bonds is 7. The molecule has 1 saturated heterocycles. The zero-order valence-corrected chi connectivity index (χ0v) is 18.7. The summed E-state index contributed by atoms with van der Waals surface area (Å²) < 4.78 is 31.7. The highest BCUT2D eigenvalue weighted by molar-refractivity contribution is 7.89. The first-order valence-electron chi connectivity index (χ1n) is 10.0. The third-order valence-corrected chi connectivity index (χ3v) is 6.99. The van der Waals surface area contributed by atoms with Crippen molar-refractivity contribution in [1.82, 2.24) is 24.7 Å². The zero-order chi connectivity index (χ0) is 22.6. The van der Waals surface area contributed by atoms with Gasteiger partial charge in [0, 0.05) is 45.9 Å². The molecule has 2 aromatic rings. The number of piperazine rings is 1. The van der Waals surface area contributed by atoms with E-state index in [0.717, 1.165) is 0 Å². The molecule has 0 spiro atoms. The van der Waals surface area contributed by atoms with Crippen molar-refractivity contribution < 1.29 is 22.5 Å². The minimum atomic E-state index is -3.57. The van der Waals surface area contributed by atoms with Gasteiger partial charge in [0.25, 0.3) is 0 Å². The molecule has 31 heavy (non-hydrogen) atoms. The fourth-order valence-electron chi connectivity index (χ4n) is 3.32. The molecule has 11 heteroatoms. The van der Waals surface area contributed by atoms with Gasteiger partial charge < -0.3 is 14.7 Å². The van der Waals surface area contributed by atoms with Crippen LogP contribution in [0.1, 0.15) is 38.4 Å². The van der Waals surface area contributed by atoms with Crippen LogP contribution in [0.5, 0.6) is 0 Å². The normalized spacial score (nSPS) is 15.6. The van der Waals surface area contributed by atoms with E-state index in [1.54, 1.807) is 56.0 Å². The molecule has 1 fully saturated rings. The zero-order valence-electron chi connectivity index (χ0n) is 17.9.